The SMILES string of the molecule is C#CCCS(=O)(=O)c1c(C)c(C(=O)O)n(C)c1C. The van der Waals surface area contributed by atoms with E-state index >= 15 is 0 Å². The second-order valence-corrected chi connectivity index (χ2v) is 6.07. The maximum atomic E-state index is 12.1. The van der Waals surface area contributed by atoms with Gasteiger partial charge < -0.3 is 9.67 Å². The molecule has 0 unspecified atom stereocenters. The zero-order valence-electron chi connectivity index (χ0n) is 10.5. The van der Waals surface area contributed by atoms with Crippen LogP contribution in [0, 0.1) is 26.2 Å². The van der Waals surface area contributed by atoms with E-state index in [4.69, 9.17) is 11.5 Å². The quantitative estimate of drug-likeness (QED) is 0.831. The van der Waals surface area contributed by atoms with Crippen LogP contribution in [0.4, 0.5) is 0 Å². The van der Waals surface area contributed by atoms with E-state index in [9.17, 15) is 13.2 Å². The normalized spacial score (nSPS) is 11.2. The van der Waals surface area contributed by atoms with Gasteiger partial charge in [0.1, 0.15) is 5.69 Å². The highest BCUT2D eigenvalue weighted by atomic mass is 32.2. The van der Waals surface area contributed by atoms with Crippen molar-refractivity contribution in [2.75, 3.05) is 5.75 Å². The molecule has 1 N–H and O–H groups in total. The van der Waals surface area contributed by atoms with Crippen LogP contribution in [0.3, 0.4) is 0 Å². The van der Waals surface area contributed by atoms with E-state index in [1.165, 1.54) is 18.5 Å². The van der Waals surface area contributed by atoms with Crippen LogP contribution in [-0.2, 0) is 16.9 Å². The Labute approximate surface area is 106 Å². The van der Waals surface area contributed by atoms with Crippen molar-refractivity contribution in [3.63, 3.8) is 0 Å². The first-order valence-corrected chi connectivity index (χ1v) is 6.94. The number of rotatable bonds is 4. The van der Waals surface area contributed by atoms with Crippen LogP contribution in [0.5, 0.6) is 0 Å². The molecule has 0 saturated carbocycles. The molecule has 0 spiro atoms. The zero-order chi connectivity index (χ0) is 14.1. The third kappa shape index (κ3) is 2.27. The summed E-state index contributed by atoms with van der Waals surface area (Å²) in [5.74, 6) is 0.960. The van der Waals surface area contributed by atoms with Gasteiger partial charge in [0.2, 0.25) is 0 Å². The molecule has 5 nitrogen and oxygen atoms in total. The monoisotopic (exact) mass is 269 g/mol. The molecular formula is C12H15NO4S. The van der Waals surface area contributed by atoms with Gasteiger partial charge in [0, 0.05) is 24.7 Å². The fraction of sp³-hybridized carbons (Fsp3) is 0.417. The van der Waals surface area contributed by atoms with Crippen molar-refractivity contribution in [3.05, 3.63) is 17.0 Å². The lowest BCUT2D eigenvalue weighted by molar-refractivity contribution is 0.0685. The van der Waals surface area contributed by atoms with Gasteiger partial charge in [-0.15, -0.1) is 12.3 Å². The van der Waals surface area contributed by atoms with Crippen molar-refractivity contribution in [2.45, 2.75) is 25.2 Å². The molecule has 0 atom stereocenters. The van der Waals surface area contributed by atoms with Crippen molar-refractivity contribution in [1.82, 2.24) is 4.57 Å². The number of carbonyl (C=O) groups is 1. The van der Waals surface area contributed by atoms with Gasteiger partial charge in [0.25, 0.3) is 0 Å². The minimum absolute atomic E-state index is 0.00761. The Kier molecular flexibility index (Phi) is 3.87. The van der Waals surface area contributed by atoms with Crippen molar-refractivity contribution in [1.29, 1.82) is 0 Å². The summed E-state index contributed by atoms with van der Waals surface area (Å²) in [7, 11) is -2.01. The van der Waals surface area contributed by atoms with Crippen LogP contribution in [0.25, 0.3) is 0 Å². The lowest BCUT2D eigenvalue weighted by Gasteiger charge is -2.03. The highest BCUT2D eigenvalue weighted by Gasteiger charge is 2.28. The molecule has 0 saturated heterocycles. The molecular weight excluding hydrogens is 254 g/mol. The van der Waals surface area contributed by atoms with Crippen molar-refractivity contribution in [2.24, 2.45) is 7.05 Å². The summed E-state index contributed by atoms with van der Waals surface area (Å²) in [4.78, 5) is 11.2. The third-order valence-corrected chi connectivity index (χ3v) is 4.86. The number of hydrogen-bond acceptors (Lipinski definition) is 3. The predicted molar refractivity (Wildman–Crippen MR) is 67.3 cm³/mol. The molecule has 1 aromatic rings. The van der Waals surface area contributed by atoms with Crippen LogP contribution in [-0.4, -0.2) is 29.8 Å². The number of sulfone groups is 1. The number of carboxylic acids is 1. The van der Waals surface area contributed by atoms with Gasteiger partial charge >= 0.3 is 5.97 Å². The first-order chi connectivity index (χ1) is 8.24. The van der Waals surface area contributed by atoms with Crippen LogP contribution in [0.1, 0.15) is 28.2 Å². The average molecular weight is 269 g/mol. The summed E-state index contributed by atoms with van der Waals surface area (Å²) in [6, 6.07) is 0. The number of nitrogens with zero attached hydrogens (tertiary/aromatic N) is 1. The average Bonchev–Trinajstić information content (AvgIpc) is 2.47. The summed E-state index contributed by atoms with van der Waals surface area (Å²) < 4.78 is 25.6. The summed E-state index contributed by atoms with van der Waals surface area (Å²) >= 11 is 0. The Morgan fingerprint density at radius 3 is 2.39 bits per heavy atom. The molecule has 1 aromatic heterocycles. The van der Waals surface area contributed by atoms with E-state index in [0.29, 0.717) is 5.69 Å². The number of carboxylic acid groups (broad SMARTS) is 1. The smallest absolute Gasteiger partial charge is 0.352 e. The van der Waals surface area contributed by atoms with Crippen molar-refractivity contribution in [3.8, 4) is 12.3 Å². The number of aromatic carboxylic acids is 1. The largest absolute Gasteiger partial charge is 0.477 e. The Balaban J connectivity index is 3.49. The summed E-state index contributed by atoms with van der Waals surface area (Å²) in [6.45, 7) is 3.08. The van der Waals surface area contributed by atoms with E-state index in [-0.39, 0.29) is 28.3 Å². The summed E-state index contributed by atoms with van der Waals surface area (Å²) in [5.41, 5.74) is 0.674. The second-order valence-electron chi connectivity index (χ2n) is 4.03. The van der Waals surface area contributed by atoms with Crippen LogP contribution >= 0.6 is 0 Å². The fourth-order valence-electron chi connectivity index (χ4n) is 2.01. The molecule has 0 bridgehead atoms. The minimum atomic E-state index is -3.55. The Bertz CT molecular complexity index is 632. The highest BCUT2D eigenvalue weighted by molar-refractivity contribution is 7.91. The van der Waals surface area contributed by atoms with E-state index in [0.717, 1.165) is 0 Å². The van der Waals surface area contributed by atoms with Gasteiger partial charge in [-0.1, -0.05) is 0 Å². The van der Waals surface area contributed by atoms with Crippen molar-refractivity contribution < 1.29 is 18.3 Å². The predicted octanol–water partition coefficient (Wildman–Crippen LogP) is 1.14. The molecule has 0 aromatic carbocycles. The van der Waals surface area contributed by atoms with Gasteiger partial charge in [-0.2, -0.15) is 0 Å². The van der Waals surface area contributed by atoms with Crippen LogP contribution in [0.15, 0.2) is 4.90 Å². The Hall–Kier alpha value is -1.74. The molecule has 0 radical (unpaired) electrons. The molecule has 0 amide bonds. The van der Waals surface area contributed by atoms with Crippen LogP contribution in [0.2, 0.25) is 0 Å². The standard InChI is InChI=1S/C12H15NO4S/c1-5-6-7-18(16,17)11-8(2)10(12(14)15)13(4)9(11)3/h1H,6-7H2,2-4H3,(H,14,15). The molecule has 6 heteroatoms. The molecule has 1 heterocycles. The lowest BCUT2D eigenvalue weighted by Crippen LogP contribution is -2.08. The number of hydrogen-bond donors (Lipinski definition) is 1. The van der Waals surface area contributed by atoms with Gasteiger partial charge in [-0.25, -0.2) is 13.2 Å². The maximum Gasteiger partial charge on any atom is 0.352 e. The van der Waals surface area contributed by atoms with E-state index in [1.807, 2.05) is 0 Å². The van der Waals surface area contributed by atoms with Gasteiger partial charge in [-0.3, -0.25) is 0 Å². The first-order valence-electron chi connectivity index (χ1n) is 5.29. The minimum Gasteiger partial charge on any atom is -0.477 e. The number of terminal acetylenes is 1. The second kappa shape index (κ2) is 4.86. The Morgan fingerprint density at radius 1 is 1.44 bits per heavy atom. The topological polar surface area (TPSA) is 76.4 Å². The lowest BCUT2D eigenvalue weighted by atomic mass is 10.2. The molecule has 0 aliphatic carbocycles. The summed E-state index contributed by atoms with van der Waals surface area (Å²) in [6.07, 6.45) is 5.17. The Morgan fingerprint density at radius 2 is 2.00 bits per heavy atom. The molecule has 0 fully saturated rings. The zero-order valence-corrected chi connectivity index (χ0v) is 11.3. The fourth-order valence-corrected chi connectivity index (χ4v) is 3.75. The van der Waals surface area contributed by atoms with E-state index in [1.54, 1.807) is 6.92 Å². The molecule has 98 valence electrons. The van der Waals surface area contributed by atoms with Gasteiger partial charge in [0.05, 0.1) is 10.6 Å². The van der Waals surface area contributed by atoms with Crippen molar-refractivity contribution >= 4 is 15.8 Å². The van der Waals surface area contributed by atoms with Gasteiger partial charge in [-0.05, 0) is 13.8 Å². The molecule has 18 heavy (non-hydrogen) atoms. The summed E-state index contributed by atoms with van der Waals surface area (Å²) in [5, 5.41) is 9.08. The molecule has 0 aliphatic rings. The highest BCUT2D eigenvalue weighted by Crippen LogP contribution is 2.27. The number of aromatic nitrogens is 1. The van der Waals surface area contributed by atoms with Gasteiger partial charge in [0.15, 0.2) is 9.84 Å². The maximum absolute atomic E-state index is 12.1. The third-order valence-electron chi connectivity index (χ3n) is 2.89. The molecule has 1 rings (SSSR count). The van der Waals surface area contributed by atoms with E-state index < -0.39 is 15.8 Å². The first kappa shape index (κ1) is 14.3. The van der Waals surface area contributed by atoms with Crippen LogP contribution < -0.4 is 0 Å². The van der Waals surface area contributed by atoms with E-state index in [2.05, 4.69) is 5.92 Å². The molecule has 0 aliphatic heterocycles.